The Bertz CT molecular complexity index is 180. The van der Waals surface area contributed by atoms with Gasteiger partial charge in [0.15, 0.2) is 0 Å². The van der Waals surface area contributed by atoms with Gasteiger partial charge in [-0.15, -0.1) is 0 Å². The van der Waals surface area contributed by atoms with E-state index in [1.54, 1.807) is 22.6 Å². The number of carbonyl (C=O) groups is 1. The van der Waals surface area contributed by atoms with Crippen molar-refractivity contribution in [2.45, 2.75) is 45.6 Å². The molecule has 13 heavy (non-hydrogen) atoms. The summed E-state index contributed by atoms with van der Waals surface area (Å²) in [5.41, 5.74) is 0. The van der Waals surface area contributed by atoms with Gasteiger partial charge in [0.25, 0.3) is 0 Å². The molecule has 0 aromatic carbocycles. The van der Waals surface area contributed by atoms with Crippen LogP contribution in [0.2, 0.25) is 0 Å². The molecule has 0 saturated heterocycles. The Balaban J connectivity index is 2.51. The van der Waals surface area contributed by atoms with Gasteiger partial charge in [-0.1, -0.05) is 20.3 Å². The normalized spacial score (nSPS) is 28.9. The van der Waals surface area contributed by atoms with Crippen LogP contribution in [0.4, 0.5) is 4.79 Å². The van der Waals surface area contributed by atoms with Gasteiger partial charge < -0.3 is 4.74 Å². The lowest BCUT2D eigenvalue weighted by atomic mass is 9.79. The molecule has 1 aliphatic carbocycles. The van der Waals surface area contributed by atoms with E-state index in [9.17, 15) is 4.79 Å². The summed E-state index contributed by atoms with van der Waals surface area (Å²) in [6.45, 7) is 4.42. The fraction of sp³-hybridized carbons (Fsp3) is 0.900. The Kier molecular flexibility index (Phi) is 4.49. The van der Waals surface area contributed by atoms with Gasteiger partial charge in [0.1, 0.15) is 6.10 Å². The highest BCUT2D eigenvalue weighted by molar-refractivity contribution is 14.1. The molecule has 1 aliphatic rings. The van der Waals surface area contributed by atoms with E-state index in [-0.39, 0.29) is 10.1 Å². The van der Waals surface area contributed by atoms with Gasteiger partial charge in [0.05, 0.1) is 22.6 Å². The highest BCUT2D eigenvalue weighted by Crippen LogP contribution is 2.32. The van der Waals surface area contributed by atoms with Crippen molar-refractivity contribution >= 4 is 26.6 Å². The van der Waals surface area contributed by atoms with E-state index in [0.717, 1.165) is 6.42 Å². The minimum absolute atomic E-state index is 0.157. The molecule has 1 saturated carbocycles. The van der Waals surface area contributed by atoms with Gasteiger partial charge in [-0.2, -0.15) is 0 Å². The van der Waals surface area contributed by atoms with E-state index in [2.05, 4.69) is 13.8 Å². The summed E-state index contributed by atoms with van der Waals surface area (Å²) in [7, 11) is 0. The lowest BCUT2D eigenvalue weighted by Crippen LogP contribution is -2.31. The number of hydrogen-bond donors (Lipinski definition) is 0. The van der Waals surface area contributed by atoms with Crippen molar-refractivity contribution in [2.75, 3.05) is 0 Å². The smallest absolute Gasteiger partial charge is 0.367 e. The van der Waals surface area contributed by atoms with Gasteiger partial charge in [0.2, 0.25) is 0 Å². The molecule has 76 valence electrons. The summed E-state index contributed by atoms with van der Waals surface area (Å²) in [6.07, 6.45) is 4.94. The summed E-state index contributed by atoms with van der Waals surface area (Å²) >= 11 is 1.72. The highest BCUT2D eigenvalue weighted by atomic mass is 127. The molecule has 0 aromatic heterocycles. The summed E-state index contributed by atoms with van der Waals surface area (Å²) in [5, 5.41) is 0. The molecular weight excluding hydrogens is 279 g/mol. The van der Waals surface area contributed by atoms with E-state index in [4.69, 9.17) is 4.74 Å². The molecule has 0 aliphatic heterocycles. The molecule has 0 bridgehead atoms. The predicted molar refractivity (Wildman–Crippen MR) is 61.1 cm³/mol. The average Bonchev–Trinajstić information content (AvgIpc) is 2.03. The van der Waals surface area contributed by atoms with Crippen molar-refractivity contribution < 1.29 is 9.53 Å². The third-order valence-corrected chi connectivity index (χ3v) is 3.11. The first-order valence-corrected chi connectivity index (χ1v) is 6.05. The summed E-state index contributed by atoms with van der Waals surface area (Å²) in [5.74, 6) is 1.20. The van der Waals surface area contributed by atoms with E-state index < -0.39 is 0 Å². The van der Waals surface area contributed by atoms with Crippen LogP contribution < -0.4 is 0 Å². The zero-order chi connectivity index (χ0) is 9.84. The van der Waals surface area contributed by atoms with Crippen molar-refractivity contribution in [3.05, 3.63) is 0 Å². The Morgan fingerprint density at radius 2 is 2.00 bits per heavy atom. The van der Waals surface area contributed by atoms with Crippen LogP contribution in [0.5, 0.6) is 0 Å². The molecule has 0 amide bonds. The molecule has 0 aromatic rings. The molecule has 0 unspecified atom stereocenters. The molecule has 3 heteroatoms. The van der Waals surface area contributed by atoms with E-state index >= 15 is 0 Å². The van der Waals surface area contributed by atoms with Gasteiger partial charge >= 0.3 is 3.98 Å². The number of halogens is 1. The van der Waals surface area contributed by atoms with Crippen LogP contribution in [-0.2, 0) is 4.74 Å². The van der Waals surface area contributed by atoms with Crippen molar-refractivity contribution in [1.29, 1.82) is 0 Å². The van der Waals surface area contributed by atoms with Gasteiger partial charge in [-0.25, -0.2) is 4.79 Å². The van der Waals surface area contributed by atoms with Crippen molar-refractivity contribution in [2.24, 2.45) is 11.8 Å². The van der Waals surface area contributed by atoms with E-state index in [1.165, 1.54) is 19.3 Å². The zero-order valence-electron chi connectivity index (χ0n) is 8.25. The summed E-state index contributed by atoms with van der Waals surface area (Å²) < 4.78 is 5.16. The molecule has 0 radical (unpaired) electrons. The number of hydrogen-bond acceptors (Lipinski definition) is 2. The average molecular weight is 296 g/mol. The van der Waals surface area contributed by atoms with Crippen LogP contribution >= 0.6 is 22.6 Å². The highest BCUT2D eigenvalue weighted by Gasteiger charge is 2.29. The van der Waals surface area contributed by atoms with Gasteiger partial charge in [-0.3, -0.25) is 0 Å². The van der Waals surface area contributed by atoms with Crippen molar-refractivity contribution in [3.63, 3.8) is 0 Å². The summed E-state index contributed by atoms with van der Waals surface area (Å²) in [4.78, 5) is 10.8. The molecule has 2 nitrogen and oxygen atoms in total. The Hall–Kier alpha value is 0.200. The lowest BCUT2D eigenvalue weighted by Gasteiger charge is -2.33. The Morgan fingerprint density at radius 1 is 1.38 bits per heavy atom. The van der Waals surface area contributed by atoms with Crippen LogP contribution in [0.1, 0.15) is 39.5 Å². The predicted octanol–water partition coefficient (Wildman–Crippen LogP) is 3.77. The molecule has 0 heterocycles. The maximum Gasteiger partial charge on any atom is 0.367 e. The second kappa shape index (κ2) is 5.17. The lowest BCUT2D eigenvalue weighted by molar-refractivity contribution is 0.0364. The third-order valence-electron chi connectivity index (χ3n) is 2.85. The second-order valence-corrected chi connectivity index (χ2v) is 4.97. The topological polar surface area (TPSA) is 26.3 Å². The number of rotatable bonds is 2. The molecule has 0 spiro atoms. The molecule has 0 N–H and O–H groups in total. The minimum Gasteiger partial charge on any atom is -0.455 e. The monoisotopic (exact) mass is 296 g/mol. The first-order valence-electron chi connectivity index (χ1n) is 4.97. The molecule has 1 fully saturated rings. The van der Waals surface area contributed by atoms with Crippen molar-refractivity contribution in [1.82, 2.24) is 0 Å². The van der Waals surface area contributed by atoms with Crippen LogP contribution in [0, 0.1) is 11.8 Å². The minimum atomic E-state index is -0.157. The third kappa shape index (κ3) is 3.44. The first kappa shape index (κ1) is 11.3. The largest absolute Gasteiger partial charge is 0.455 e. The number of ether oxygens (including phenoxy) is 1. The Labute approximate surface area is 93.6 Å². The first-order chi connectivity index (χ1) is 6.11. The maximum absolute atomic E-state index is 10.8. The zero-order valence-corrected chi connectivity index (χ0v) is 10.4. The van der Waals surface area contributed by atoms with Crippen LogP contribution in [0.3, 0.4) is 0 Å². The SMILES string of the molecule is CC(C)[C@H]1CCCC[C@@H]1OC(=O)I. The molecular formula is C10H17IO2. The van der Waals surface area contributed by atoms with Crippen LogP contribution in [0.25, 0.3) is 0 Å². The standard InChI is InChI=1S/C10H17IO2/c1-7(2)8-5-3-4-6-9(8)13-10(11)12/h7-9H,3-6H2,1-2H3/t8-,9+/m1/s1. The van der Waals surface area contributed by atoms with E-state index in [1.807, 2.05) is 0 Å². The quantitative estimate of drug-likeness (QED) is 0.572. The van der Waals surface area contributed by atoms with Crippen LogP contribution in [-0.4, -0.2) is 10.1 Å². The fourth-order valence-corrected chi connectivity index (χ4v) is 2.48. The Morgan fingerprint density at radius 3 is 2.54 bits per heavy atom. The summed E-state index contributed by atoms with van der Waals surface area (Å²) in [6, 6.07) is 0. The van der Waals surface area contributed by atoms with Gasteiger partial charge in [-0.05, 0) is 31.1 Å². The fourth-order valence-electron chi connectivity index (χ4n) is 2.15. The molecule has 1 rings (SSSR count). The molecule has 2 atom stereocenters. The van der Waals surface area contributed by atoms with Crippen LogP contribution in [0.15, 0.2) is 0 Å². The number of carbonyl (C=O) groups excluding carboxylic acids is 1. The van der Waals surface area contributed by atoms with E-state index in [0.29, 0.717) is 11.8 Å². The van der Waals surface area contributed by atoms with Crippen molar-refractivity contribution in [3.8, 4) is 0 Å². The second-order valence-electron chi connectivity index (χ2n) is 4.09. The van der Waals surface area contributed by atoms with Gasteiger partial charge in [0, 0.05) is 0 Å². The maximum atomic E-state index is 10.8.